The molecule has 1 amide bonds. The van der Waals surface area contributed by atoms with Crippen molar-refractivity contribution in [2.45, 2.75) is 5.92 Å². The fourth-order valence-corrected chi connectivity index (χ4v) is 4.00. The van der Waals surface area contributed by atoms with Gasteiger partial charge in [0.15, 0.2) is 17.2 Å². The summed E-state index contributed by atoms with van der Waals surface area (Å²) >= 11 is 0. The van der Waals surface area contributed by atoms with Crippen LogP contribution < -0.4 is 15.6 Å². The largest absolute Gasteiger partial charge is 0.453 e. The molecule has 6 rings (SSSR count). The van der Waals surface area contributed by atoms with E-state index >= 15 is 4.39 Å². The van der Waals surface area contributed by atoms with Crippen molar-refractivity contribution in [3.05, 3.63) is 100 Å². The molecule has 2 N–H and O–H groups in total. The van der Waals surface area contributed by atoms with Gasteiger partial charge < -0.3 is 10.1 Å². The van der Waals surface area contributed by atoms with E-state index < -0.39 is 23.1 Å². The summed E-state index contributed by atoms with van der Waals surface area (Å²) in [6, 6.07) is 11.7. The van der Waals surface area contributed by atoms with E-state index in [2.05, 4.69) is 35.8 Å². The number of anilines is 1. The first-order valence-corrected chi connectivity index (χ1v) is 11.5. The molecule has 0 bridgehead atoms. The third-order valence-corrected chi connectivity index (χ3v) is 5.87. The van der Waals surface area contributed by atoms with Crippen LogP contribution in [0.5, 0.6) is 11.5 Å². The zero-order valence-electron chi connectivity index (χ0n) is 19.7. The Kier molecular flexibility index (Phi) is 5.92. The monoisotopic (exact) mass is 526 g/mol. The fraction of sp³-hybridized carbons (Fsp3) is 0.0385. The van der Waals surface area contributed by atoms with Gasteiger partial charge in [0.05, 0.1) is 22.7 Å². The quantitative estimate of drug-likeness (QED) is 0.343. The molecule has 39 heavy (non-hydrogen) atoms. The molecule has 0 aliphatic carbocycles. The number of halogens is 2. The second-order valence-electron chi connectivity index (χ2n) is 8.34. The van der Waals surface area contributed by atoms with Gasteiger partial charge in [-0.3, -0.25) is 14.7 Å². The average Bonchev–Trinajstić information content (AvgIpc) is 3.61. The number of aromatic amines is 1. The summed E-state index contributed by atoms with van der Waals surface area (Å²) in [7, 11) is 0. The third kappa shape index (κ3) is 4.52. The minimum Gasteiger partial charge on any atom is -0.453 e. The predicted octanol–water partition coefficient (Wildman–Crippen LogP) is 3.98. The average molecular weight is 526 g/mol. The lowest BCUT2D eigenvalue weighted by atomic mass is 10.1. The normalized spacial score (nSPS) is 12.8. The highest BCUT2D eigenvalue weighted by atomic mass is 19.1. The van der Waals surface area contributed by atoms with Gasteiger partial charge >= 0.3 is 0 Å². The Hall–Kier alpha value is -5.59. The molecule has 5 aromatic rings. The van der Waals surface area contributed by atoms with Gasteiger partial charge in [-0.25, -0.2) is 13.8 Å². The molecule has 1 aliphatic heterocycles. The molecule has 4 heterocycles. The number of ether oxygens (including phenoxy) is 1. The van der Waals surface area contributed by atoms with Crippen molar-refractivity contribution >= 4 is 35.1 Å². The Labute approximate surface area is 217 Å². The van der Waals surface area contributed by atoms with Crippen molar-refractivity contribution in [2.75, 3.05) is 5.32 Å². The van der Waals surface area contributed by atoms with E-state index in [1.165, 1.54) is 54.9 Å². The van der Waals surface area contributed by atoms with Crippen molar-refractivity contribution < 1.29 is 18.3 Å². The zero-order valence-corrected chi connectivity index (χ0v) is 19.7. The molecule has 3 aromatic heterocycles. The summed E-state index contributed by atoms with van der Waals surface area (Å²) in [6.07, 6.45) is 6.00. The first-order chi connectivity index (χ1) is 19.0. The molecule has 192 valence electrons. The number of fused-ring (bicyclic) bond motifs is 1. The van der Waals surface area contributed by atoms with Gasteiger partial charge in [0.2, 0.25) is 0 Å². The van der Waals surface area contributed by atoms with Crippen molar-refractivity contribution in [3.8, 4) is 17.2 Å². The number of aromatic nitrogens is 5. The third-order valence-electron chi connectivity index (χ3n) is 5.87. The van der Waals surface area contributed by atoms with E-state index in [1.54, 1.807) is 18.5 Å². The maximum absolute atomic E-state index is 15.0. The number of rotatable bonds is 6. The number of hydrogen-bond donors (Lipinski definition) is 2. The molecule has 0 radical (unpaired) electrons. The molecule has 0 unspecified atom stereocenters. The minimum absolute atomic E-state index is 0.0941. The molecular formula is C26H16F2N8O3. The van der Waals surface area contributed by atoms with Crippen LogP contribution in [0.25, 0.3) is 16.7 Å². The summed E-state index contributed by atoms with van der Waals surface area (Å²) in [5.41, 5.74) is 0.437. The lowest BCUT2D eigenvalue weighted by molar-refractivity contribution is 0.102. The van der Waals surface area contributed by atoms with Gasteiger partial charge in [-0.05, 0) is 48.5 Å². The van der Waals surface area contributed by atoms with Gasteiger partial charge in [-0.15, -0.1) is 0 Å². The van der Waals surface area contributed by atoms with Crippen LogP contribution in [-0.4, -0.2) is 43.3 Å². The molecule has 2 aromatic carbocycles. The van der Waals surface area contributed by atoms with Gasteiger partial charge in [0, 0.05) is 36.6 Å². The summed E-state index contributed by atoms with van der Waals surface area (Å²) < 4.78 is 35.1. The number of carbonyl (C=O) groups is 1. The van der Waals surface area contributed by atoms with Gasteiger partial charge in [0.1, 0.15) is 17.1 Å². The number of carbonyl (C=O) groups excluding carboxylic acids is 1. The Morgan fingerprint density at radius 1 is 0.974 bits per heavy atom. The molecule has 0 spiro atoms. The van der Waals surface area contributed by atoms with E-state index in [1.807, 2.05) is 0 Å². The van der Waals surface area contributed by atoms with Crippen molar-refractivity contribution in [2.24, 2.45) is 10.2 Å². The number of hydrogen-bond acceptors (Lipinski definition) is 8. The summed E-state index contributed by atoms with van der Waals surface area (Å²) in [5.74, 6) is -2.07. The van der Waals surface area contributed by atoms with Gasteiger partial charge in [0.25, 0.3) is 11.5 Å². The molecular weight excluding hydrogens is 510 g/mol. The number of H-pyrrole nitrogens is 1. The maximum Gasteiger partial charge on any atom is 0.284 e. The van der Waals surface area contributed by atoms with Crippen LogP contribution >= 0.6 is 0 Å². The summed E-state index contributed by atoms with van der Waals surface area (Å²) in [5, 5.41) is 21.7. The SMILES string of the molecule is O=C(Nc1ccc(Oc2ccnc3n[nH]c(C4C=NN=C4)c23)c(F)c1)c1ccnn(-c2ccc(F)cc2)c1=O. The lowest BCUT2D eigenvalue weighted by Gasteiger charge is -2.11. The lowest BCUT2D eigenvalue weighted by Crippen LogP contribution is -2.29. The summed E-state index contributed by atoms with van der Waals surface area (Å²) in [6.45, 7) is 0. The minimum atomic E-state index is -0.773. The highest BCUT2D eigenvalue weighted by Gasteiger charge is 2.21. The zero-order chi connectivity index (χ0) is 26.9. The van der Waals surface area contributed by atoms with Gasteiger partial charge in [-0.2, -0.15) is 25.1 Å². The van der Waals surface area contributed by atoms with Crippen molar-refractivity contribution in [3.63, 3.8) is 0 Å². The molecule has 0 saturated carbocycles. The van der Waals surface area contributed by atoms with Crippen LogP contribution in [0.3, 0.4) is 0 Å². The van der Waals surface area contributed by atoms with Crippen LogP contribution in [0.15, 0.2) is 82.0 Å². The van der Waals surface area contributed by atoms with E-state index in [9.17, 15) is 14.0 Å². The van der Waals surface area contributed by atoms with E-state index in [0.29, 0.717) is 22.5 Å². The molecule has 0 atom stereocenters. The smallest absolute Gasteiger partial charge is 0.284 e. The second kappa shape index (κ2) is 9.70. The topological polar surface area (TPSA) is 140 Å². The second-order valence-corrected chi connectivity index (χ2v) is 8.34. The molecule has 1 aliphatic rings. The maximum atomic E-state index is 15.0. The van der Waals surface area contributed by atoms with Crippen molar-refractivity contribution in [1.82, 2.24) is 25.0 Å². The van der Waals surface area contributed by atoms with Crippen LogP contribution in [0.4, 0.5) is 14.5 Å². The first-order valence-electron chi connectivity index (χ1n) is 11.5. The van der Waals surface area contributed by atoms with E-state index in [-0.39, 0.29) is 28.6 Å². The Morgan fingerprint density at radius 3 is 2.54 bits per heavy atom. The Bertz CT molecular complexity index is 1830. The van der Waals surface area contributed by atoms with Crippen LogP contribution in [0, 0.1) is 11.6 Å². The highest BCUT2D eigenvalue weighted by molar-refractivity contribution is 6.04. The molecule has 13 heteroatoms. The molecule has 0 saturated heterocycles. The number of pyridine rings is 1. The van der Waals surface area contributed by atoms with Crippen molar-refractivity contribution in [1.29, 1.82) is 0 Å². The molecule has 11 nitrogen and oxygen atoms in total. The number of nitrogens with one attached hydrogen (secondary N) is 2. The first kappa shape index (κ1) is 23.8. The Morgan fingerprint density at radius 2 is 1.77 bits per heavy atom. The number of benzene rings is 2. The molecule has 0 fully saturated rings. The van der Waals surface area contributed by atoms with E-state index in [4.69, 9.17) is 4.74 Å². The van der Waals surface area contributed by atoms with Crippen LogP contribution in [0.2, 0.25) is 0 Å². The highest BCUT2D eigenvalue weighted by Crippen LogP contribution is 2.34. The Balaban J connectivity index is 1.24. The van der Waals surface area contributed by atoms with Gasteiger partial charge in [-0.1, -0.05) is 0 Å². The summed E-state index contributed by atoms with van der Waals surface area (Å²) in [4.78, 5) is 29.9. The fourth-order valence-electron chi connectivity index (χ4n) is 4.00. The van der Waals surface area contributed by atoms with Crippen LogP contribution in [0.1, 0.15) is 22.0 Å². The number of amides is 1. The number of nitrogens with zero attached hydrogens (tertiary/aromatic N) is 6. The van der Waals surface area contributed by atoms with Crippen LogP contribution in [-0.2, 0) is 0 Å². The van der Waals surface area contributed by atoms with E-state index in [0.717, 1.165) is 10.7 Å². The standard InChI is InChI=1S/C26H16F2N8O3/c27-15-1-4-17(5-2-15)36-26(38)18(7-10-32-36)25(37)33-16-3-6-20(19(28)11-16)39-21-8-9-29-24-22(21)23(34-35-24)14-12-30-31-13-14/h1-14H,(H,33,37)(H,29,34,35). The predicted molar refractivity (Wildman–Crippen MR) is 138 cm³/mol.